The molecule has 0 unspecified atom stereocenters. The first kappa shape index (κ1) is 33.2. The zero-order valence-corrected chi connectivity index (χ0v) is 29.3. The molecule has 2 aromatic carbocycles. The number of amides is 2. The quantitative estimate of drug-likeness (QED) is 0.216. The summed E-state index contributed by atoms with van der Waals surface area (Å²) in [6, 6.07) is 17.2. The van der Waals surface area contributed by atoms with Crippen molar-refractivity contribution < 1.29 is 14.3 Å². The molecule has 0 radical (unpaired) electrons. The second kappa shape index (κ2) is 14.2. The van der Waals surface area contributed by atoms with Crippen molar-refractivity contribution in [1.29, 1.82) is 0 Å². The van der Waals surface area contributed by atoms with Gasteiger partial charge >= 0.3 is 6.09 Å². The maximum atomic E-state index is 14.8. The van der Waals surface area contributed by atoms with Crippen LogP contribution < -0.4 is 0 Å². The third kappa shape index (κ3) is 7.88. The summed E-state index contributed by atoms with van der Waals surface area (Å²) >= 11 is 10.1. The van der Waals surface area contributed by atoms with Gasteiger partial charge in [0.2, 0.25) is 5.91 Å². The van der Waals surface area contributed by atoms with Crippen molar-refractivity contribution in [2.24, 2.45) is 0 Å². The van der Waals surface area contributed by atoms with Crippen LogP contribution in [0.3, 0.4) is 0 Å². The van der Waals surface area contributed by atoms with E-state index in [2.05, 4.69) is 37.9 Å². The van der Waals surface area contributed by atoms with Crippen LogP contribution in [0.4, 0.5) is 4.79 Å². The lowest BCUT2D eigenvalue weighted by molar-refractivity contribution is -0.140. The lowest BCUT2D eigenvalue weighted by Crippen LogP contribution is -2.62. The smallest absolute Gasteiger partial charge is 0.411 e. The van der Waals surface area contributed by atoms with E-state index in [1.807, 2.05) is 85.1 Å². The number of hydrogen-bond donors (Lipinski definition) is 0. The molecule has 2 atom stereocenters. The summed E-state index contributed by atoms with van der Waals surface area (Å²) in [5, 5.41) is 0.694. The molecule has 2 aromatic heterocycles. The van der Waals surface area contributed by atoms with E-state index in [9.17, 15) is 9.59 Å². The number of nitrogens with zero attached hydrogens (tertiary/aromatic N) is 6. The van der Waals surface area contributed by atoms with Gasteiger partial charge in [0.15, 0.2) is 0 Å². The molecule has 2 aliphatic rings. The van der Waals surface area contributed by atoms with Crippen molar-refractivity contribution >= 4 is 39.5 Å². The Bertz CT molecular complexity index is 1660. The Morgan fingerprint density at radius 2 is 1.85 bits per heavy atom. The van der Waals surface area contributed by atoms with Crippen LogP contribution in [0, 0.1) is 0 Å². The minimum Gasteiger partial charge on any atom is -0.444 e. The van der Waals surface area contributed by atoms with Gasteiger partial charge in [-0.15, -0.1) is 0 Å². The number of aryl methyl sites for hydroxylation is 2. The molecule has 1 saturated heterocycles. The highest BCUT2D eigenvalue weighted by atomic mass is 79.9. The molecule has 0 bridgehead atoms. The summed E-state index contributed by atoms with van der Waals surface area (Å²) in [5.41, 5.74) is 4.72. The molecular formula is C36H40BrClN6O3. The van der Waals surface area contributed by atoms with Crippen molar-refractivity contribution in [1.82, 2.24) is 29.2 Å². The van der Waals surface area contributed by atoms with Gasteiger partial charge in [-0.25, -0.2) is 9.78 Å². The first-order chi connectivity index (χ1) is 22.6. The van der Waals surface area contributed by atoms with E-state index in [0.717, 1.165) is 39.7 Å². The maximum Gasteiger partial charge on any atom is 0.411 e. The zero-order valence-electron chi connectivity index (χ0n) is 27.0. The van der Waals surface area contributed by atoms with Crippen LogP contribution in [-0.2, 0) is 35.5 Å². The van der Waals surface area contributed by atoms with Crippen LogP contribution in [0.15, 0.2) is 84.0 Å². The zero-order chi connectivity index (χ0) is 33.1. The average molecular weight is 720 g/mol. The van der Waals surface area contributed by atoms with E-state index in [4.69, 9.17) is 21.3 Å². The first-order valence-corrected chi connectivity index (χ1v) is 17.2. The molecule has 9 nitrogen and oxygen atoms in total. The first-order valence-electron chi connectivity index (χ1n) is 16.0. The molecule has 2 amide bonds. The number of pyridine rings is 1. The molecule has 47 heavy (non-hydrogen) atoms. The summed E-state index contributed by atoms with van der Waals surface area (Å²) < 4.78 is 8.75. The summed E-state index contributed by atoms with van der Waals surface area (Å²) in [6.07, 6.45) is 8.37. The molecule has 1 fully saturated rings. The van der Waals surface area contributed by atoms with E-state index in [0.29, 0.717) is 44.3 Å². The highest BCUT2D eigenvalue weighted by Gasteiger charge is 2.43. The van der Waals surface area contributed by atoms with Crippen LogP contribution in [0.1, 0.15) is 54.8 Å². The van der Waals surface area contributed by atoms with Gasteiger partial charge in [0, 0.05) is 67.4 Å². The van der Waals surface area contributed by atoms with Gasteiger partial charge < -0.3 is 14.2 Å². The predicted molar refractivity (Wildman–Crippen MR) is 185 cm³/mol. The van der Waals surface area contributed by atoms with E-state index in [1.165, 1.54) is 5.56 Å². The Kier molecular flexibility index (Phi) is 10.0. The number of carbonyl (C=O) groups excluding carboxylic acids is 2. The number of benzene rings is 2. The molecule has 0 N–H and O–H groups in total. The fraction of sp³-hybridized carbons (Fsp3) is 0.389. The Hall–Kier alpha value is -3.73. The molecule has 6 rings (SSSR count). The van der Waals surface area contributed by atoms with E-state index in [1.54, 1.807) is 17.4 Å². The van der Waals surface area contributed by atoms with Crippen molar-refractivity contribution in [3.05, 3.63) is 117 Å². The Labute approximate surface area is 289 Å². The summed E-state index contributed by atoms with van der Waals surface area (Å²) in [6.45, 7) is 8.17. The molecule has 1 aliphatic heterocycles. The van der Waals surface area contributed by atoms with Crippen LogP contribution >= 0.6 is 27.5 Å². The van der Waals surface area contributed by atoms with Gasteiger partial charge in [-0.2, -0.15) is 0 Å². The second-order valence-corrected chi connectivity index (χ2v) is 14.5. The number of halogens is 2. The number of aromatic nitrogens is 3. The third-order valence-electron chi connectivity index (χ3n) is 8.70. The highest BCUT2D eigenvalue weighted by Crippen LogP contribution is 2.39. The van der Waals surface area contributed by atoms with Gasteiger partial charge in [-0.05, 0) is 90.0 Å². The van der Waals surface area contributed by atoms with Crippen LogP contribution in [0.25, 0.3) is 0 Å². The summed E-state index contributed by atoms with van der Waals surface area (Å²) in [7, 11) is 0. The predicted octanol–water partition coefficient (Wildman–Crippen LogP) is 6.53. The molecule has 1 aliphatic carbocycles. The van der Waals surface area contributed by atoms with Crippen LogP contribution in [0.2, 0.25) is 5.02 Å². The fourth-order valence-corrected chi connectivity index (χ4v) is 7.08. The summed E-state index contributed by atoms with van der Waals surface area (Å²) in [4.78, 5) is 43.4. The molecule has 3 heterocycles. The second-order valence-electron chi connectivity index (χ2n) is 13.2. The molecule has 4 aromatic rings. The number of hydrogen-bond acceptors (Lipinski definition) is 6. The summed E-state index contributed by atoms with van der Waals surface area (Å²) in [5.74, 6) is -0.126. The molecule has 0 spiro atoms. The monoisotopic (exact) mass is 718 g/mol. The number of carbonyl (C=O) groups is 2. The Morgan fingerprint density at radius 1 is 1.06 bits per heavy atom. The number of rotatable bonds is 7. The normalized spacial score (nSPS) is 18.2. The van der Waals surface area contributed by atoms with Crippen molar-refractivity contribution in [2.75, 3.05) is 26.2 Å². The maximum absolute atomic E-state index is 14.8. The number of ether oxygens (including phenoxy) is 1. The van der Waals surface area contributed by atoms with Gasteiger partial charge in [0.1, 0.15) is 11.6 Å². The van der Waals surface area contributed by atoms with Crippen molar-refractivity contribution in [3.8, 4) is 0 Å². The minimum absolute atomic E-state index is 0.126. The average Bonchev–Trinajstić information content (AvgIpc) is 3.51. The van der Waals surface area contributed by atoms with Crippen molar-refractivity contribution in [3.63, 3.8) is 0 Å². The van der Waals surface area contributed by atoms with Gasteiger partial charge in [0.25, 0.3) is 0 Å². The number of piperazine rings is 1. The lowest BCUT2D eigenvalue weighted by atomic mass is 9.95. The molecule has 246 valence electrons. The molecule has 11 heteroatoms. The molecular weight excluding hydrogens is 680 g/mol. The van der Waals surface area contributed by atoms with Gasteiger partial charge in [-0.3, -0.25) is 19.6 Å². The number of imidazole rings is 1. The van der Waals surface area contributed by atoms with Crippen LogP contribution in [0.5, 0.6) is 0 Å². The van der Waals surface area contributed by atoms with Gasteiger partial charge in [0.05, 0.1) is 18.1 Å². The standard InChI is InChI=1S/C36H40BrClN6O3/c1-36(2,3)47-35(46)44-18-17-42(33-30-12-11-29(38)20-26(30)9-10-27-19-28(37)21-40-32(27)33)23-31(44)34(45)43(16-15-41-14-13-39-24-41)22-25-7-5-4-6-8-25/h4-8,11-14,19-21,24,31,33H,9-10,15-18,22-23H2,1-3H3/t31-,33+/m1/s1. The minimum atomic E-state index is -0.775. The van der Waals surface area contributed by atoms with Crippen LogP contribution in [-0.4, -0.2) is 79.1 Å². The van der Waals surface area contributed by atoms with E-state index in [-0.39, 0.29) is 11.9 Å². The largest absolute Gasteiger partial charge is 0.444 e. The van der Waals surface area contributed by atoms with Gasteiger partial charge in [-0.1, -0.05) is 48.0 Å². The topological polar surface area (TPSA) is 83.8 Å². The fourth-order valence-electron chi connectivity index (χ4n) is 6.51. The third-order valence-corrected chi connectivity index (χ3v) is 9.36. The van der Waals surface area contributed by atoms with E-state index < -0.39 is 17.7 Å². The lowest BCUT2D eigenvalue weighted by Gasteiger charge is -2.45. The highest BCUT2D eigenvalue weighted by molar-refractivity contribution is 9.10. The number of fused-ring (bicyclic) bond motifs is 2. The van der Waals surface area contributed by atoms with Crippen molar-refractivity contribution in [2.45, 2.75) is 64.4 Å². The Balaban J connectivity index is 1.38. The SMILES string of the molecule is CC(C)(C)OC(=O)N1CCN([C@H]2c3ccc(Cl)cc3CCc3cc(Br)cnc32)C[C@@H]1C(=O)N(CCn1ccnc1)Cc1ccccc1. The Morgan fingerprint density at radius 3 is 2.60 bits per heavy atom. The molecule has 0 saturated carbocycles. The van der Waals surface area contributed by atoms with E-state index >= 15 is 0 Å².